The maximum absolute atomic E-state index is 12.7. The Morgan fingerprint density at radius 1 is 1.04 bits per heavy atom. The minimum absolute atomic E-state index is 0. The summed E-state index contributed by atoms with van der Waals surface area (Å²) in [5.41, 5.74) is 1.75. The maximum atomic E-state index is 12.7. The summed E-state index contributed by atoms with van der Waals surface area (Å²) in [6.07, 6.45) is 0.930. The molecule has 2 aromatic carbocycles. The van der Waals surface area contributed by atoms with Crippen molar-refractivity contribution < 1.29 is 14.3 Å². The van der Waals surface area contributed by atoms with E-state index < -0.39 is 5.60 Å². The van der Waals surface area contributed by atoms with Gasteiger partial charge in [-0.15, -0.1) is 12.4 Å². The van der Waals surface area contributed by atoms with Crippen LogP contribution in [-0.2, 0) is 9.53 Å². The van der Waals surface area contributed by atoms with Gasteiger partial charge in [-0.25, -0.2) is 4.79 Å². The Morgan fingerprint density at radius 3 is 2.29 bits per heavy atom. The first-order valence-electron chi connectivity index (χ1n) is 9.26. The van der Waals surface area contributed by atoms with Crippen LogP contribution in [0.1, 0.15) is 49.0 Å². The molecule has 0 radical (unpaired) electrons. The van der Waals surface area contributed by atoms with Gasteiger partial charge < -0.3 is 15.4 Å². The number of anilines is 1. The van der Waals surface area contributed by atoms with Crippen molar-refractivity contribution in [3.63, 3.8) is 0 Å². The van der Waals surface area contributed by atoms with E-state index in [-0.39, 0.29) is 36.2 Å². The van der Waals surface area contributed by atoms with Crippen molar-refractivity contribution in [2.45, 2.75) is 44.8 Å². The zero-order valence-corrected chi connectivity index (χ0v) is 17.2. The summed E-state index contributed by atoms with van der Waals surface area (Å²) in [6, 6.07) is 16.6. The van der Waals surface area contributed by atoms with Gasteiger partial charge in [0.1, 0.15) is 5.60 Å². The summed E-state index contributed by atoms with van der Waals surface area (Å²) in [5.74, 6) is -0.277. The number of ether oxygens (including phenoxy) is 1. The lowest BCUT2D eigenvalue weighted by atomic mass is 9.91. The van der Waals surface area contributed by atoms with Gasteiger partial charge in [0.2, 0.25) is 5.91 Å². The van der Waals surface area contributed by atoms with E-state index in [1.807, 2.05) is 39.0 Å². The number of esters is 1. The van der Waals surface area contributed by atoms with Crippen molar-refractivity contribution in [2.24, 2.45) is 0 Å². The van der Waals surface area contributed by atoms with Crippen LogP contribution >= 0.6 is 12.4 Å². The van der Waals surface area contributed by atoms with E-state index in [2.05, 4.69) is 22.8 Å². The van der Waals surface area contributed by atoms with E-state index in [0.717, 1.165) is 13.0 Å². The van der Waals surface area contributed by atoms with Crippen molar-refractivity contribution in [3.05, 3.63) is 65.7 Å². The Morgan fingerprint density at radius 2 is 1.68 bits per heavy atom. The number of carbonyl (C=O) groups is 2. The molecule has 1 heterocycles. The molecule has 1 aliphatic heterocycles. The fraction of sp³-hybridized carbons (Fsp3) is 0.364. The average molecular weight is 403 g/mol. The molecule has 1 fully saturated rings. The van der Waals surface area contributed by atoms with Crippen LogP contribution in [0, 0.1) is 0 Å². The van der Waals surface area contributed by atoms with Crippen LogP contribution in [0.4, 0.5) is 5.69 Å². The van der Waals surface area contributed by atoms with Crippen LogP contribution < -0.4 is 10.6 Å². The molecular formula is C22H27ClN2O3. The van der Waals surface area contributed by atoms with E-state index in [4.69, 9.17) is 4.74 Å². The normalized spacial score (nSPS) is 18.8. The summed E-state index contributed by atoms with van der Waals surface area (Å²) in [6.45, 7) is 6.31. The molecule has 2 N–H and O–H groups in total. The molecule has 0 aromatic heterocycles. The minimum atomic E-state index is -0.537. The van der Waals surface area contributed by atoms with Gasteiger partial charge in [0.05, 0.1) is 11.6 Å². The molecule has 1 saturated heterocycles. The van der Waals surface area contributed by atoms with E-state index in [0.29, 0.717) is 11.3 Å². The van der Waals surface area contributed by atoms with Crippen LogP contribution in [-0.4, -0.2) is 30.1 Å². The first-order chi connectivity index (χ1) is 12.8. The number of carbonyl (C=O) groups excluding carboxylic acids is 2. The second kappa shape index (κ2) is 9.22. The summed E-state index contributed by atoms with van der Waals surface area (Å²) in [7, 11) is 0. The Bertz CT molecular complexity index is 801. The molecule has 28 heavy (non-hydrogen) atoms. The number of halogens is 1. The standard InChI is InChI=1S/C22H26N2O3.ClH/c1-22(2,3)27-21(26)16-9-11-17(12-10-16)24-20(25)19-18(13-14-23-19)15-7-5-4-6-8-15;/h4-12,18-19,23H,13-14H2,1-3H3,(H,24,25);1H/t18-,19-;/m1./s1. The lowest BCUT2D eigenvalue weighted by Crippen LogP contribution is -2.39. The second-order valence-corrected chi connectivity index (χ2v) is 7.81. The van der Waals surface area contributed by atoms with Crippen LogP contribution in [0.3, 0.4) is 0 Å². The molecule has 2 atom stereocenters. The van der Waals surface area contributed by atoms with E-state index >= 15 is 0 Å². The fourth-order valence-electron chi connectivity index (χ4n) is 3.28. The molecule has 0 unspecified atom stereocenters. The van der Waals surface area contributed by atoms with Crippen LogP contribution in [0.5, 0.6) is 0 Å². The molecule has 2 aromatic rings. The number of rotatable bonds is 4. The largest absolute Gasteiger partial charge is 0.456 e. The first-order valence-corrected chi connectivity index (χ1v) is 9.26. The SMILES string of the molecule is CC(C)(C)OC(=O)c1ccc(NC(=O)[C@@H]2NCC[C@@H]2c2ccccc2)cc1.Cl. The van der Waals surface area contributed by atoms with Crippen LogP contribution in [0.2, 0.25) is 0 Å². The average Bonchev–Trinajstić information content (AvgIpc) is 3.11. The molecular weight excluding hydrogens is 376 g/mol. The number of amides is 1. The lowest BCUT2D eigenvalue weighted by molar-refractivity contribution is -0.118. The van der Waals surface area contributed by atoms with Crippen LogP contribution in [0.25, 0.3) is 0 Å². The third kappa shape index (κ3) is 5.57. The second-order valence-electron chi connectivity index (χ2n) is 7.81. The number of nitrogens with one attached hydrogen (secondary N) is 2. The topological polar surface area (TPSA) is 67.4 Å². The Hall–Kier alpha value is -2.37. The number of hydrogen-bond donors (Lipinski definition) is 2. The van der Waals surface area contributed by atoms with Gasteiger partial charge >= 0.3 is 5.97 Å². The molecule has 0 spiro atoms. The van der Waals surface area contributed by atoms with Crippen molar-refractivity contribution in [1.82, 2.24) is 5.32 Å². The summed E-state index contributed by atoms with van der Waals surface area (Å²) >= 11 is 0. The first kappa shape index (κ1) is 21.9. The highest BCUT2D eigenvalue weighted by Gasteiger charge is 2.33. The Kier molecular flexibility index (Phi) is 7.22. The molecule has 6 heteroatoms. The molecule has 3 rings (SSSR count). The predicted molar refractivity (Wildman–Crippen MR) is 113 cm³/mol. The number of hydrogen-bond acceptors (Lipinski definition) is 4. The zero-order valence-electron chi connectivity index (χ0n) is 16.4. The van der Waals surface area contributed by atoms with Crippen molar-refractivity contribution >= 4 is 30.0 Å². The summed E-state index contributed by atoms with van der Waals surface area (Å²) < 4.78 is 5.35. The smallest absolute Gasteiger partial charge is 0.338 e. The molecule has 0 saturated carbocycles. The quantitative estimate of drug-likeness (QED) is 0.754. The Labute approximate surface area is 172 Å². The Balaban J connectivity index is 0.00000280. The number of benzene rings is 2. The molecule has 0 bridgehead atoms. The van der Waals surface area contributed by atoms with Gasteiger partial charge in [-0.3, -0.25) is 4.79 Å². The summed E-state index contributed by atoms with van der Waals surface area (Å²) in [4.78, 5) is 24.8. The highest BCUT2D eigenvalue weighted by molar-refractivity contribution is 5.96. The highest BCUT2D eigenvalue weighted by Crippen LogP contribution is 2.28. The van der Waals surface area contributed by atoms with Crippen molar-refractivity contribution in [1.29, 1.82) is 0 Å². The van der Waals surface area contributed by atoms with Crippen LogP contribution in [0.15, 0.2) is 54.6 Å². The van der Waals surface area contributed by atoms with E-state index in [9.17, 15) is 9.59 Å². The molecule has 5 nitrogen and oxygen atoms in total. The maximum Gasteiger partial charge on any atom is 0.338 e. The zero-order chi connectivity index (χ0) is 19.4. The molecule has 0 aliphatic carbocycles. The third-order valence-electron chi connectivity index (χ3n) is 4.52. The minimum Gasteiger partial charge on any atom is -0.456 e. The van der Waals surface area contributed by atoms with E-state index in [1.54, 1.807) is 24.3 Å². The van der Waals surface area contributed by atoms with E-state index in [1.165, 1.54) is 5.56 Å². The predicted octanol–water partition coefficient (Wildman–Crippen LogP) is 4.15. The van der Waals surface area contributed by atoms with Gasteiger partial charge in [0.25, 0.3) is 0 Å². The van der Waals surface area contributed by atoms with Gasteiger partial charge in [-0.1, -0.05) is 30.3 Å². The fourth-order valence-corrected chi connectivity index (χ4v) is 3.28. The van der Waals surface area contributed by atoms with Gasteiger partial charge in [0.15, 0.2) is 0 Å². The third-order valence-corrected chi connectivity index (χ3v) is 4.52. The molecule has 1 amide bonds. The van der Waals surface area contributed by atoms with Crippen molar-refractivity contribution in [3.8, 4) is 0 Å². The van der Waals surface area contributed by atoms with Gasteiger partial charge in [-0.2, -0.15) is 0 Å². The highest BCUT2D eigenvalue weighted by atomic mass is 35.5. The lowest BCUT2D eigenvalue weighted by Gasteiger charge is -2.20. The molecule has 1 aliphatic rings. The monoisotopic (exact) mass is 402 g/mol. The summed E-state index contributed by atoms with van der Waals surface area (Å²) in [5, 5.41) is 6.24. The van der Waals surface area contributed by atoms with Gasteiger partial charge in [0, 0.05) is 11.6 Å². The molecule has 150 valence electrons. The van der Waals surface area contributed by atoms with Gasteiger partial charge in [-0.05, 0) is 63.6 Å². The van der Waals surface area contributed by atoms with Crippen molar-refractivity contribution in [2.75, 3.05) is 11.9 Å².